The molecule has 8 heteroatoms. The molecule has 2 aromatic rings. The summed E-state index contributed by atoms with van der Waals surface area (Å²) in [6.45, 7) is 16.9. The number of hydrogen-bond acceptors (Lipinski definition) is 5. The highest BCUT2D eigenvalue weighted by Gasteiger charge is 2.31. The number of nitrogens with zero attached hydrogens (tertiary/aromatic N) is 2. The number of halogens is 1. The molecule has 1 fully saturated rings. The van der Waals surface area contributed by atoms with Crippen LogP contribution in [0, 0.1) is 0 Å². The van der Waals surface area contributed by atoms with Gasteiger partial charge in [-0.05, 0) is 88.2 Å². The molecule has 0 spiro atoms. The van der Waals surface area contributed by atoms with Crippen molar-refractivity contribution in [2.24, 2.45) is 0 Å². The highest BCUT2D eigenvalue weighted by Crippen LogP contribution is 2.44. The Morgan fingerprint density at radius 3 is 2.06 bits per heavy atom. The van der Waals surface area contributed by atoms with Crippen molar-refractivity contribution in [2.45, 2.75) is 91.3 Å². The first-order valence-corrected chi connectivity index (χ1v) is 12.8. The Balaban J connectivity index is 1.86. The standard InChI is InChI=1S/C24H35BrN2O4S/c1-14(2)18-19-16(27(20(18)25)22(29)31-24(6,7)8)13-17(32-19)15-9-11-26(12-10-15)21(28)30-23(3,4)5/h13-15H,9-12H2,1-8H3. The second-order valence-electron chi connectivity index (χ2n) is 10.8. The fourth-order valence-corrected chi connectivity index (χ4v) is 6.57. The molecule has 0 bridgehead atoms. The molecule has 3 heterocycles. The minimum Gasteiger partial charge on any atom is -0.444 e. The normalized spacial score (nSPS) is 16.1. The van der Waals surface area contributed by atoms with E-state index in [2.05, 4.69) is 35.8 Å². The first-order chi connectivity index (χ1) is 14.7. The lowest BCUT2D eigenvalue weighted by Crippen LogP contribution is -2.41. The lowest BCUT2D eigenvalue weighted by atomic mass is 9.95. The SMILES string of the molecule is CC(C)c1c(Br)n(C(=O)OC(C)(C)C)c2cc(C3CCN(C(=O)OC(C)(C)C)CC3)sc12. The van der Waals surface area contributed by atoms with Crippen LogP contribution in [0.5, 0.6) is 0 Å². The van der Waals surface area contributed by atoms with Crippen molar-refractivity contribution in [3.8, 4) is 0 Å². The third-order valence-electron chi connectivity index (χ3n) is 5.34. The predicted octanol–water partition coefficient (Wildman–Crippen LogP) is 7.49. The molecule has 0 aliphatic carbocycles. The second kappa shape index (κ2) is 9.01. The zero-order valence-corrected chi connectivity index (χ0v) is 22.8. The van der Waals surface area contributed by atoms with E-state index in [1.165, 1.54) is 4.88 Å². The van der Waals surface area contributed by atoms with E-state index in [0.29, 0.717) is 19.0 Å². The Morgan fingerprint density at radius 2 is 1.56 bits per heavy atom. The Hall–Kier alpha value is -1.54. The summed E-state index contributed by atoms with van der Waals surface area (Å²) in [7, 11) is 0. The lowest BCUT2D eigenvalue weighted by Gasteiger charge is -2.33. The van der Waals surface area contributed by atoms with Gasteiger partial charge in [0.15, 0.2) is 0 Å². The molecular weight excluding hydrogens is 492 g/mol. The Labute approximate surface area is 203 Å². The molecule has 1 aliphatic heterocycles. The molecule has 1 aliphatic rings. The summed E-state index contributed by atoms with van der Waals surface area (Å²) >= 11 is 5.42. The van der Waals surface area contributed by atoms with E-state index < -0.39 is 11.2 Å². The first-order valence-electron chi connectivity index (χ1n) is 11.2. The van der Waals surface area contributed by atoms with Gasteiger partial charge in [-0.3, -0.25) is 0 Å². The molecule has 32 heavy (non-hydrogen) atoms. The number of aromatic nitrogens is 1. The van der Waals surface area contributed by atoms with Crippen molar-refractivity contribution in [1.29, 1.82) is 0 Å². The van der Waals surface area contributed by atoms with Crippen LogP contribution >= 0.6 is 27.3 Å². The maximum atomic E-state index is 13.0. The van der Waals surface area contributed by atoms with Gasteiger partial charge in [0.2, 0.25) is 0 Å². The molecule has 1 amide bonds. The van der Waals surface area contributed by atoms with Gasteiger partial charge in [-0.2, -0.15) is 0 Å². The van der Waals surface area contributed by atoms with E-state index >= 15 is 0 Å². The van der Waals surface area contributed by atoms with Crippen molar-refractivity contribution in [1.82, 2.24) is 9.47 Å². The van der Waals surface area contributed by atoms with Crippen molar-refractivity contribution >= 4 is 49.7 Å². The van der Waals surface area contributed by atoms with E-state index in [1.807, 2.05) is 41.5 Å². The number of hydrogen-bond donors (Lipinski definition) is 0. The van der Waals surface area contributed by atoms with Crippen LogP contribution in [0.25, 0.3) is 10.2 Å². The van der Waals surface area contributed by atoms with Crippen LogP contribution in [-0.4, -0.2) is 45.9 Å². The van der Waals surface area contributed by atoms with Crippen LogP contribution in [0.1, 0.15) is 90.5 Å². The Morgan fingerprint density at radius 1 is 1.03 bits per heavy atom. The molecule has 0 N–H and O–H groups in total. The first kappa shape index (κ1) is 25.1. The lowest BCUT2D eigenvalue weighted by molar-refractivity contribution is 0.0205. The zero-order valence-electron chi connectivity index (χ0n) is 20.4. The predicted molar refractivity (Wildman–Crippen MR) is 133 cm³/mol. The average molecular weight is 528 g/mol. The van der Waals surface area contributed by atoms with Crippen molar-refractivity contribution in [2.75, 3.05) is 13.1 Å². The molecule has 0 atom stereocenters. The molecule has 0 saturated carbocycles. The van der Waals surface area contributed by atoms with Gasteiger partial charge in [0, 0.05) is 23.5 Å². The zero-order chi connectivity index (χ0) is 24.0. The van der Waals surface area contributed by atoms with Crippen LogP contribution in [0.3, 0.4) is 0 Å². The third kappa shape index (κ3) is 5.50. The summed E-state index contributed by atoms with van der Waals surface area (Å²) in [5, 5.41) is 0. The van der Waals surface area contributed by atoms with E-state index in [4.69, 9.17) is 9.47 Å². The highest BCUT2D eigenvalue weighted by atomic mass is 79.9. The highest BCUT2D eigenvalue weighted by molar-refractivity contribution is 9.10. The van der Waals surface area contributed by atoms with Gasteiger partial charge < -0.3 is 14.4 Å². The van der Waals surface area contributed by atoms with Crippen LogP contribution in [0.2, 0.25) is 0 Å². The molecule has 0 radical (unpaired) electrons. The molecule has 2 aromatic heterocycles. The molecule has 0 aromatic carbocycles. The second-order valence-corrected chi connectivity index (χ2v) is 12.6. The smallest absolute Gasteiger partial charge is 0.419 e. The summed E-state index contributed by atoms with van der Waals surface area (Å²) in [5.41, 5.74) is 0.969. The Bertz CT molecular complexity index is 1000. The van der Waals surface area contributed by atoms with E-state index in [0.717, 1.165) is 33.2 Å². The molecule has 1 saturated heterocycles. The fraction of sp³-hybridized carbons (Fsp3) is 0.667. The molecule has 3 rings (SSSR count). The van der Waals surface area contributed by atoms with Gasteiger partial charge in [0.1, 0.15) is 15.8 Å². The van der Waals surface area contributed by atoms with Gasteiger partial charge in [-0.25, -0.2) is 14.2 Å². The number of ether oxygens (including phenoxy) is 2. The van der Waals surface area contributed by atoms with Crippen molar-refractivity contribution in [3.63, 3.8) is 0 Å². The van der Waals surface area contributed by atoms with Gasteiger partial charge in [0.05, 0.1) is 10.2 Å². The van der Waals surface area contributed by atoms with Crippen LogP contribution in [-0.2, 0) is 9.47 Å². The van der Waals surface area contributed by atoms with Crippen LogP contribution in [0.15, 0.2) is 10.7 Å². The summed E-state index contributed by atoms with van der Waals surface area (Å²) in [4.78, 5) is 28.5. The molecule has 6 nitrogen and oxygen atoms in total. The number of likely N-dealkylation sites (tertiary alicyclic amines) is 1. The summed E-state index contributed by atoms with van der Waals surface area (Å²) in [6.07, 6.45) is 1.15. The molecular formula is C24H35BrN2O4S. The van der Waals surface area contributed by atoms with E-state index in [1.54, 1.807) is 20.8 Å². The van der Waals surface area contributed by atoms with Gasteiger partial charge >= 0.3 is 12.2 Å². The summed E-state index contributed by atoms with van der Waals surface area (Å²) in [6, 6.07) is 2.13. The largest absolute Gasteiger partial charge is 0.444 e. The van der Waals surface area contributed by atoms with E-state index in [-0.39, 0.29) is 18.1 Å². The van der Waals surface area contributed by atoms with Gasteiger partial charge in [0.25, 0.3) is 0 Å². The number of amides is 1. The maximum absolute atomic E-state index is 13.0. The number of carbonyl (C=O) groups is 2. The fourth-order valence-electron chi connectivity index (χ4n) is 3.94. The van der Waals surface area contributed by atoms with Crippen molar-refractivity contribution < 1.29 is 19.1 Å². The van der Waals surface area contributed by atoms with E-state index in [9.17, 15) is 9.59 Å². The summed E-state index contributed by atoms with van der Waals surface area (Å²) in [5.74, 6) is 0.619. The quantitative estimate of drug-likeness (QED) is 0.406. The topological polar surface area (TPSA) is 60.8 Å². The van der Waals surface area contributed by atoms with Crippen molar-refractivity contribution in [3.05, 3.63) is 21.1 Å². The maximum Gasteiger partial charge on any atom is 0.419 e. The van der Waals surface area contributed by atoms with Crippen LogP contribution in [0.4, 0.5) is 9.59 Å². The number of fused-ring (bicyclic) bond motifs is 1. The molecule has 178 valence electrons. The number of thiophene rings is 1. The Kier molecular flexibility index (Phi) is 7.06. The summed E-state index contributed by atoms with van der Waals surface area (Å²) < 4.78 is 14.8. The average Bonchev–Trinajstić information content (AvgIpc) is 3.14. The number of carbonyl (C=O) groups excluding carboxylic acids is 2. The molecule has 0 unspecified atom stereocenters. The third-order valence-corrected chi connectivity index (χ3v) is 7.44. The number of piperidine rings is 1. The number of rotatable bonds is 2. The monoisotopic (exact) mass is 526 g/mol. The van der Waals surface area contributed by atoms with Gasteiger partial charge in [-0.1, -0.05) is 13.8 Å². The minimum atomic E-state index is -0.571. The van der Waals surface area contributed by atoms with Crippen LogP contribution < -0.4 is 0 Å². The van der Waals surface area contributed by atoms with Gasteiger partial charge in [-0.15, -0.1) is 11.3 Å². The minimum absolute atomic E-state index is 0.241.